The van der Waals surface area contributed by atoms with E-state index in [1.165, 1.54) is 11.1 Å². The Bertz CT molecular complexity index is 628. The summed E-state index contributed by atoms with van der Waals surface area (Å²) in [4.78, 5) is 0. The largest absolute Gasteiger partial charge is 0.493 e. The van der Waals surface area contributed by atoms with Gasteiger partial charge in [-0.2, -0.15) is 5.26 Å². The van der Waals surface area contributed by atoms with E-state index in [1.807, 2.05) is 42.5 Å². The van der Waals surface area contributed by atoms with Crippen LogP contribution in [0.5, 0.6) is 5.75 Å². The summed E-state index contributed by atoms with van der Waals surface area (Å²) in [5, 5.41) is 12.4. The van der Waals surface area contributed by atoms with Crippen LogP contribution >= 0.6 is 0 Å². The molecule has 1 N–H and O–H groups in total. The number of benzene rings is 2. The highest BCUT2D eigenvalue weighted by Crippen LogP contribution is 2.31. The standard InChI is InChI=1S/C17H16N2O/c18-11-13-5-7-14(8-6-13)12-19-16-9-10-20-17-4-2-1-3-15(16)17/h1-8,16,19H,9-10,12H2. The van der Waals surface area contributed by atoms with E-state index in [0.717, 1.165) is 25.3 Å². The average molecular weight is 264 g/mol. The summed E-state index contributed by atoms with van der Waals surface area (Å²) < 4.78 is 5.66. The molecule has 1 heterocycles. The van der Waals surface area contributed by atoms with Crippen LogP contribution in [-0.4, -0.2) is 6.61 Å². The van der Waals surface area contributed by atoms with Crippen molar-refractivity contribution in [3.63, 3.8) is 0 Å². The number of hydrogen-bond donors (Lipinski definition) is 1. The van der Waals surface area contributed by atoms with Gasteiger partial charge in [0, 0.05) is 24.6 Å². The van der Waals surface area contributed by atoms with Gasteiger partial charge < -0.3 is 10.1 Å². The number of nitrogens with one attached hydrogen (secondary N) is 1. The van der Waals surface area contributed by atoms with E-state index in [2.05, 4.69) is 17.5 Å². The minimum absolute atomic E-state index is 0.329. The van der Waals surface area contributed by atoms with Gasteiger partial charge in [-0.3, -0.25) is 0 Å². The third-order valence-electron chi connectivity index (χ3n) is 3.59. The van der Waals surface area contributed by atoms with E-state index in [0.29, 0.717) is 11.6 Å². The van der Waals surface area contributed by atoms with Crippen LogP contribution in [-0.2, 0) is 6.54 Å². The zero-order valence-corrected chi connectivity index (χ0v) is 11.2. The first-order valence-corrected chi connectivity index (χ1v) is 6.81. The first-order chi connectivity index (χ1) is 9.86. The molecule has 0 saturated carbocycles. The van der Waals surface area contributed by atoms with Gasteiger partial charge >= 0.3 is 0 Å². The van der Waals surface area contributed by atoms with Crippen molar-refractivity contribution in [2.45, 2.75) is 19.0 Å². The molecule has 20 heavy (non-hydrogen) atoms. The molecule has 1 aliphatic rings. The Morgan fingerprint density at radius 1 is 1.15 bits per heavy atom. The molecule has 3 rings (SSSR count). The quantitative estimate of drug-likeness (QED) is 0.926. The molecular formula is C17H16N2O. The predicted molar refractivity (Wildman–Crippen MR) is 77.3 cm³/mol. The molecule has 0 aromatic heterocycles. The normalized spacial score (nSPS) is 16.9. The van der Waals surface area contributed by atoms with Gasteiger partial charge in [0.25, 0.3) is 0 Å². The van der Waals surface area contributed by atoms with Crippen molar-refractivity contribution in [3.05, 3.63) is 65.2 Å². The maximum absolute atomic E-state index is 8.79. The first kappa shape index (κ1) is 12.7. The lowest BCUT2D eigenvalue weighted by Crippen LogP contribution is -2.26. The summed E-state index contributed by atoms with van der Waals surface area (Å²) >= 11 is 0. The fraction of sp³-hybridized carbons (Fsp3) is 0.235. The molecule has 0 fully saturated rings. The summed E-state index contributed by atoms with van der Waals surface area (Å²) in [5.74, 6) is 0.982. The summed E-state index contributed by atoms with van der Waals surface area (Å²) in [6.45, 7) is 1.55. The smallest absolute Gasteiger partial charge is 0.124 e. The Hall–Kier alpha value is -2.31. The lowest BCUT2D eigenvalue weighted by Gasteiger charge is -2.26. The highest BCUT2D eigenvalue weighted by atomic mass is 16.5. The maximum atomic E-state index is 8.79. The zero-order chi connectivity index (χ0) is 13.8. The molecule has 3 nitrogen and oxygen atoms in total. The monoisotopic (exact) mass is 264 g/mol. The fourth-order valence-electron chi connectivity index (χ4n) is 2.49. The van der Waals surface area contributed by atoms with Crippen molar-refractivity contribution in [2.24, 2.45) is 0 Å². The number of nitrogens with zero attached hydrogens (tertiary/aromatic N) is 1. The number of ether oxygens (including phenoxy) is 1. The molecule has 100 valence electrons. The number of hydrogen-bond acceptors (Lipinski definition) is 3. The molecule has 2 aromatic carbocycles. The highest BCUT2D eigenvalue weighted by molar-refractivity contribution is 5.37. The summed E-state index contributed by atoms with van der Waals surface area (Å²) in [6.07, 6.45) is 0.979. The van der Waals surface area contributed by atoms with Gasteiger partial charge in [0.15, 0.2) is 0 Å². The predicted octanol–water partition coefficient (Wildman–Crippen LogP) is 3.17. The number of nitriles is 1. The van der Waals surface area contributed by atoms with E-state index < -0.39 is 0 Å². The van der Waals surface area contributed by atoms with Crippen LogP contribution in [0.4, 0.5) is 0 Å². The third-order valence-corrected chi connectivity index (χ3v) is 3.59. The Labute approximate surface area is 118 Å². The minimum Gasteiger partial charge on any atom is -0.493 e. The summed E-state index contributed by atoms with van der Waals surface area (Å²) in [6, 6.07) is 18.4. The molecular weight excluding hydrogens is 248 g/mol. The van der Waals surface area contributed by atoms with Crippen molar-refractivity contribution in [3.8, 4) is 11.8 Å². The zero-order valence-electron chi connectivity index (χ0n) is 11.2. The molecule has 0 saturated heterocycles. The maximum Gasteiger partial charge on any atom is 0.124 e. The van der Waals surface area contributed by atoms with Gasteiger partial charge in [-0.25, -0.2) is 0 Å². The second-order valence-electron chi connectivity index (χ2n) is 4.92. The molecule has 1 atom stereocenters. The minimum atomic E-state index is 0.329. The highest BCUT2D eigenvalue weighted by Gasteiger charge is 2.20. The van der Waals surface area contributed by atoms with E-state index in [9.17, 15) is 0 Å². The Balaban J connectivity index is 1.68. The second-order valence-corrected chi connectivity index (χ2v) is 4.92. The van der Waals surface area contributed by atoms with Crippen molar-refractivity contribution in [1.82, 2.24) is 5.32 Å². The summed E-state index contributed by atoms with van der Waals surface area (Å²) in [5.41, 5.74) is 3.12. The molecule has 1 unspecified atom stereocenters. The second kappa shape index (κ2) is 5.77. The van der Waals surface area contributed by atoms with Gasteiger partial charge in [-0.05, 0) is 23.8 Å². The molecule has 0 spiro atoms. The van der Waals surface area contributed by atoms with Crippen LogP contribution in [0.2, 0.25) is 0 Å². The van der Waals surface area contributed by atoms with Crippen LogP contribution in [0.25, 0.3) is 0 Å². The van der Waals surface area contributed by atoms with Gasteiger partial charge in [0.05, 0.1) is 18.2 Å². The number of fused-ring (bicyclic) bond motifs is 1. The fourth-order valence-corrected chi connectivity index (χ4v) is 2.49. The Kier molecular flexibility index (Phi) is 3.67. The lowest BCUT2D eigenvalue weighted by atomic mass is 10.0. The van der Waals surface area contributed by atoms with Gasteiger partial charge in [-0.15, -0.1) is 0 Å². The van der Waals surface area contributed by atoms with E-state index >= 15 is 0 Å². The van der Waals surface area contributed by atoms with Gasteiger partial charge in [0.2, 0.25) is 0 Å². The summed E-state index contributed by atoms with van der Waals surface area (Å²) in [7, 11) is 0. The van der Waals surface area contributed by atoms with Crippen molar-refractivity contribution in [2.75, 3.05) is 6.61 Å². The van der Waals surface area contributed by atoms with Crippen LogP contribution in [0.3, 0.4) is 0 Å². The van der Waals surface area contributed by atoms with Crippen LogP contribution in [0, 0.1) is 11.3 Å². The van der Waals surface area contributed by atoms with Crippen molar-refractivity contribution < 1.29 is 4.74 Å². The van der Waals surface area contributed by atoms with Crippen LogP contribution < -0.4 is 10.1 Å². The molecule has 1 aliphatic heterocycles. The SMILES string of the molecule is N#Cc1ccc(CNC2CCOc3ccccc32)cc1. The molecule has 0 amide bonds. The van der Waals surface area contributed by atoms with Crippen molar-refractivity contribution in [1.29, 1.82) is 5.26 Å². The topological polar surface area (TPSA) is 45.0 Å². The molecule has 0 aliphatic carbocycles. The van der Waals surface area contributed by atoms with Gasteiger partial charge in [-0.1, -0.05) is 30.3 Å². The average Bonchev–Trinajstić information content (AvgIpc) is 2.53. The Morgan fingerprint density at radius 3 is 2.75 bits per heavy atom. The molecule has 0 radical (unpaired) electrons. The van der Waals surface area contributed by atoms with Crippen molar-refractivity contribution >= 4 is 0 Å². The number of para-hydroxylation sites is 1. The number of rotatable bonds is 3. The lowest BCUT2D eigenvalue weighted by molar-refractivity contribution is 0.252. The van der Waals surface area contributed by atoms with E-state index in [4.69, 9.17) is 10.00 Å². The molecule has 0 bridgehead atoms. The van der Waals surface area contributed by atoms with Gasteiger partial charge in [0.1, 0.15) is 5.75 Å². The molecule has 3 heteroatoms. The van der Waals surface area contributed by atoms with Crippen LogP contribution in [0.1, 0.15) is 29.2 Å². The first-order valence-electron chi connectivity index (χ1n) is 6.81. The van der Waals surface area contributed by atoms with E-state index in [1.54, 1.807) is 0 Å². The van der Waals surface area contributed by atoms with Crippen LogP contribution in [0.15, 0.2) is 48.5 Å². The van der Waals surface area contributed by atoms with E-state index in [-0.39, 0.29) is 0 Å². The molecule has 2 aromatic rings. The third kappa shape index (κ3) is 2.66. The Morgan fingerprint density at radius 2 is 1.95 bits per heavy atom.